The molecule has 114 valence electrons. The largest absolute Gasteiger partial charge is 0.393 e. The quantitative estimate of drug-likeness (QED) is 0.800. The SMILES string of the molecule is NC(=S)c1cccc(S(=O)(=O)N2CC3CCC(O)C3C2)c1. The maximum Gasteiger partial charge on any atom is 0.243 e. The van der Waals surface area contributed by atoms with Crippen molar-refractivity contribution in [2.45, 2.75) is 23.8 Å². The number of fused-ring (bicyclic) bond motifs is 1. The summed E-state index contributed by atoms with van der Waals surface area (Å²) in [5, 5.41) is 9.92. The normalized spacial score (nSPS) is 29.5. The predicted octanol–water partition coefficient (Wildman–Crippen LogP) is 0.712. The minimum absolute atomic E-state index is 0.0681. The first-order valence-corrected chi connectivity index (χ1v) is 8.82. The highest BCUT2D eigenvalue weighted by Crippen LogP contribution is 2.40. The van der Waals surface area contributed by atoms with Crippen molar-refractivity contribution in [2.75, 3.05) is 13.1 Å². The average Bonchev–Trinajstić information content (AvgIpc) is 3.02. The van der Waals surface area contributed by atoms with Gasteiger partial charge in [-0.15, -0.1) is 0 Å². The lowest BCUT2D eigenvalue weighted by Gasteiger charge is -2.18. The molecule has 21 heavy (non-hydrogen) atoms. The van der Waals surface area contributed by atoms with Crippen molar-refractivity contribution < 1.29 is 13.5 Å². The Labute approximate surface area is 129 Å². The summed E-state index contributed by atoms with van der Waals surface area (Å²) < 4.78 is 26.9. The first kappa shape index (κ1) is 14.9. The van der Waals surface area contributed by atoms with Crippen LogP contribution in [0.1, 0.15) is 18.4 Å². The minimum Gasteiger partial charge on any atom is -0.393 e. The highest BCUT2D eigenvalue weighted by Gasteiger charge is 2.45. The Kier molecular flexibility index (Phi) is 3.77. The van der Waals surface area contributed by atoms with Crippen LogP contribution >= 0.6 is 12.2 Å². The van der Waals surface area contributed by atoms with E-state index in [4.69, 9.17) is 18.0 Å². The summed E-state index contributed by atoms with van der Waals surface area (Å²) in [6.07, 6.45) is 1.29. The molecule has 0 aromatic heterocycles. The highest BCUT2D eigenvalue weighted by molar-refractivity contribution is 7.89. The molecular formula is C14H18N2O3S2. The van der Waals surface area contributed by atoms with Gasteiger partial charge in [0.2, 0.25) is 10.0 Å². The van der Waals surface area contributed by atoms with Gasteiger partial charge in [0, 0.05) is 24.6 Å². The van der Waals surface area contributed by atoms with E-state index in [2.05, 4.69) is 0 Å². The predicted molar refractivity (Wildman–Crippen MR) is 83.3 cm³/mol. The number of hydrogen-bond donors (Lipinski definition) is 2. The molecule has 3 unspecified atom stereocenters. The van der Waals surface area contributed by atoms with Gasteiger partial charge in [-0.2, -0.15) is 4.31 Å². The van der Waals surface area contributed by atoms with Gasteiger partial charge in [-0.3, -0.25) is 0 Å². The number of aliphatic hydroxyl groups is 1. The fourth-order valence-corrected chi connectivity index (χ4v) is 5.06. The van der Waals surface area contributed by atoms with E-state index < -0.39 is 10.0 Å². The smallest absolute Gasteiger partial charge is 0.243 e. The Morgan fingerprint density at radius 3 is 2.76 bits per heavy atom. The Balaban J connectivity index is 1.88. The van der Waals surface area contributed by atoms with E-state index in [0.717, 1.165) is 12.8 Å². The van der Waals surface area contributed by atoms with Gasteiger partial charge in [0.1, 0.15) is 4.99 Å². The molecule has 1 aromatic carbocycles. The molecule has 2 aliphatic rings. The van der Waals surface area contributed by atoms with Crippen LogP contribution in [0, 0.1) is 11.8 Å². The number of aliphatic hydroxyl groups excluding tert-OH is 1. The Morgan fingerprint density at radius 1 is 1.33 bits per heavy atom. The molecule has 1 heterocycles. The van der Waals surface area contributed by atoms with Crippen molar-refractivity contribution in [3.63, 3.8) is 0 Å². The van der Waals surface area contributed by atoms with Crippen LogP contribution in [-0.4, -0.2) is 42.0 Å². The summed E-state index contributed by atoms with van der Waals surface area (Å²) in [6.45, 7) is 0.882. The molecule has 1 saturated heterocycles. The molecule has 7 heteroatoms. The van der Waals surface area contributed by atoms with Crippen molar-refractivity contribution in [3.05, 3.63) is 29.8 Å². The molecule has 1 aromatic rings. The molecule has 1 saturated carbocycles. The van der Waals surface area contributed by atoms with E-state index in [-0.39, 0.29) is 27.8 Å². The van der Waals surface area contributed by atoms with E-state index >= 15 is 0 Å². The van der Waals surface area contributed by atoms with Gasteiger partial charge >= 0.3 is 0 Å². The monoisotopic (exact) mass is 326 g/mol. The van der Waals surface area contributed by atoms with Crippen molar-refractivity contribution in [1.29, 1.82) is 0 Å². The first-order valence-electron chi connectivity index (χ1n) is 6.97. The number of thiocarbonyl (C=S) groups is 1. The van der Waals surface area contributed by atoms with E-state index in [1.165, 1.54) is 10.4 Å². The molecule has 0 amide bonds. The first-order chi connectivity index (χ1) is 9.89. The Hall–Kier alpha value is -1.02. The second-order valence-electron chi connectivity index (χ2n) is 5.78. The molecule has 2 fully saturated rings. The summed E-state index contributed by atoms with van der Waals surface area (Å²) in [4.78, 5) is 0.392. The van der Waals surface area contributed by atoms with Crippen LogP contribution in [0.5, 0.6) is 0 Å². The molecule has 0 radical (unpaired) electrons. The van der Waals surface area contributed by atoms with Crippen LogP contribution < -0.4 is 5.73 Å². The number of benzene rings is 1. The summed E-state index contributed by atoms with van der Waals surface area (Å²) in [5.74, 6) is 0.340. The van der Waals surface area contributed by atoms with Gasteiger partial charge in [0.15, 0.2) is 0 Å². The molecule has 5 nitrogen and oxygen atoms in total. The Morgan fingerprint density at radius 2 is 2.10 bits per heavy atom. The van der Waals surface area contributed by atoms with E-state index in [0.29, 0.717) is 18.7 Å². The lowest BCUT2D eigenvalue weighted by atomic mass is 10.00. The van der Waals surface area contributed by atoms with E-state index in [9.17, 15) is 13.5 Å². The molecule has 3 atom stereocenters. The number of nitrogens with zero attached hydrogens (tertiary/aromatic N) is 1. The average molecular weight is 326 g/mol. The van der Waals surface area contributed by atoms with Gasteiger partial charge < -0.3 is 10.8 Å². The van der Waals surface area contributed by atoms with Gasteiger partial charge in [0.25, 0.3) is 0 Å². The fourth-order valence-electron chi connectivity index (χ4n) is 3.35. The lowest BCUT2D eigenvalue weighted by molar-refractivity contribution is 0.129. The van der Waals surface area contributed by atoms with Gasteiger partial charge in [0.05, 0.1) is 11.0 Å². The van der Waals surface area contributed by atoms with Crippen molar-refractivity contribution in [1.82, 2.24) is 4.31 Å². The third-order valence-corrected chi connectivity index (χ3v) is 6.61. The van der Waals surface area contributed by atoms with Crippen LogP contribution in [0.15, 0.2) is 29.2 Å². The van der Waals surface area contributed by atoms with Crippen LogP contribution in [0.3, 0.4) is 0 Å². The molecular weight excluding hydrogens is 308 g/mol. The number of sulfonamides is 1. The zero-order valence-corrected chi connectivity index (χ0v) is 13.1. The summed E-state index contributed by atoms with van der Waals surface area (Å²) >= 11 is 4.90. The summed E-state index contributed by atoms with van der Waals surface area (Å²) in [6, 6.07) is 6.42. The highest BCUT2D eigenvalue weighted by atomic mass is 32.2. The maximum atomic E-state index is 12.7. The van der Waals surface area contributed by atoms with Gasteiger partial charge in [-0.1, -0.05) is 24.4 Å². The fraction of sp³-hybridized carbons (Fsp3) is 0.500. The maximum absolute atomic E-state index is 12.7. The Bertz CT molecular complexity index is 675. The number of hydrogen-bond acceptors (Lipinski definition) is 4. The zero-order chi connectivity index (χ0) is 15.2. The third kappa shape index (κ3) is 2.59. The van der Waals surface area contributed by atoms with Crippen LogP contribution in [0.4, 0.5) is 0 Å². The summed E-state index contributed by atoms with van der Waals surface area (Å²) in [5.41, 5.74) is 6.11. The number of nitrogens with two attached hydrogens (primary N) is 1. The second-order valence-corrected chi connectivity index (χ2v) is 8.16. The summed E-state index contributed by atoms with van der Waals surface area (Å²) in [7, 11) is -3.55. The minimum atomic E-state index is -3.55. The molecule has 3 N–H and O–H groups in total. The van der Waals surface area contributed by atoms with Crippen molar-refractivity contribution >= 4 is 27.2 Å². The standard InChI is InChI=1S/C14H18N2O3S2/c15-14(20)9-2-1-3-11(6-9)21(18,19)16-7-10-4-5-13(17)12(10)8-16/h1-3,6,10,12-13,17H,4-5,7-8H2,(H2,15,20). The zero-order valence-electron chi connectivity index (χ0n) is 11.5. The van der Waals surface area contributed by atoms with E-state index in [1.807, 2.05) is 0 Å². The van der Waals surface area contributed by atoms with Crippen molar-refractivity contribution in [2.24, 2.45) is 17.6 Å². The molecule has 0 spiro atoms. The van der Waals surface area contributed by atoms with Crippen LogP contribution in [-0.2, 0) is 10.0 Å². The van der Waals surface area contributed by atoms with Crippen LogP contribution in [0.25, 0.3) is 0 Å². The van der Waals surface area contributed by atoms with Crippen molar-refractivity contribution in [3.8, 4) is 0 Å². The van der Waals surface area contributed by atoms with E-state index in [1.54, 1.807) is 18.2 Å². The second kappa shape index (κ2) is 5.31. The molecule has 3 rings (SSSR count). The molecule has 0 bridgehead atoms. The third-order valence-electron chi connectivity index (χ3n) is 4.54. The number of rotatable bonds is 3. The topological polar surface area (TPSA) is 83.6 Å². The van der Waals surface area contributed by atoms with Crippen LogP contribution in [0.2, 0.25) is 0 Å². The van der Waals surface area contributed by atoms with Gasteiger partial charge in [-0.25, -0.2) is 8.42 Å². The molecule has 1 aliphatic carbocycles. The van der Waals surface area contributed by atoms with Gasteiger partial charge in [-0.05, 0) is 30.9 Å². The molecule has 1 aliphatic heterocycles. The lowest BCUT2D eigenvalue weighted by Crippen LogP contribution is -2.31.